The zero-order valence-corrected chi connectivity index (χ0v) is 10.9. The van der Waals surface area contributed by atoms with Crippen LogP contribution in [0.4, 0.5) is 0 Å². The van der Waals surface area contributed by atoms with Crippen molar-refractivity contribution in [3.05, 3.63) is 29.8 Å². The van der Waals surface area contributed by atoms with E-state index in [0.717, 1.165) is 32.0 Å². The Balaban J connectivity index is 1.91. The number of carbonyl (C=O) groups is 1. The van der Waals surface area contributed by atoms with E-state index in [9.17, 15) is 9.90 Å². The molecule has 3 nitrogen and oxygen atoms in total. The zero-order chi connectivity index (χ0) is 13.6. The second kappa shape index (κ2) is 6.40. The summed E-state index contributed by atoms with van der Waals surface area (Å²) in [5.74, 6) is 6.29. The van der Waals surface area contributed by atoms with Gasteiger partial charge in [0, 0.05) is 0 Å². The highest BCUT2D eigenvalue weighted by atomic mass is 16.5. The number of carbonyl (C=O) groups excluding carboxylic acids is 1. The molecule has 1 aromatic rings. The summed E-state index contributed by atoms with van der Waals surface area (Å²) < 4.78 is 5.45. The minimum absolute atomic E-state index is 0.188. The average molecular weight is 258 g/mol. The molecule has 0 atom stereocenters. The molecule has 19 heavy (non-hydrogen) atoms. The van der Waals surface area contributed by atoms with Gasteiger partial charge in [-0.25, -0.2) is 0 Å². The number of para-hydroxylation sites is 1. The van der Waals surface area contributed by atoms with E-state index >= 15 is 0 Å². The molecule has 1 aromatic carbocycles. The average Bonchev–Trinajstić information content (AvgIpc) is 2.45. The molecule has 1 aliphatic rings. The molecular formula is C16H18O3. The van der Waals surface area contributed by atoms with Gasteiger partial charge in [-0.1, -0.05) is 30.4 Å². The van der Waals surface area contributed by atoms with Gasteiger partial charge in [0.15, 0.2) is 6.29 Å². The van der Waals surface area contributed by atoms with Crippen molar-refractivity contribution < 1.29 is 14.6 Å². The lowest BCUT2D eigenvalue weighted by molar-refractivity contribution is 0.0608. The fourth-order valence-corrected chi connectivity index (χ4v) is 2.29. The number of aliphatic hydroxyl groups is 1. The minimum atomic E-state index is -0.841. The van der Waals surface area contributed by atoms with Crippen LogP contribution in [0, 0.1) is 11.8 Å². The van der Waals surface area contributed by atoms with Gasteiger partial charge in [0.25, 0.3) is 0 Å². The Morgan fingerprint density at radius 1 is 1.26 bits per heavy atom. The van der Waals surface area contributed by atoms with E-state index in [-0.39, 0.29) is 6.61 Å². The lowest BCUT2D eigenvalue weighted by Gasteiger charge is -2.26. The number of benzene rings is 1. The maximum absolute atomic E-state index is 10.8. The van der Waals surface area contributed by atoms with Crippen LogP contribution in [0.2, 0.25) is 0 Å². The van der Waals surface area contributed by atoms with Gasteiger partial charge in [-0.05, 0) is 37.8 Å². The molecule has 3 heteroatoms. The van der Waals surface area contributed by atoms with Crippen LogP contribution >= 0.6 is 0 Å². The molecule has 0 spiro atoms. The molecule has 1 fully saturated rings. The lowest BCUT2D eigenvalue weighted by Crippen LogP contribution is -2.29. The maximum Gasteiger partial charge on any atom is 0.153 e. The van der Waals surface area contributed by atoms with Crippen LogP contribution in [0.3, 0.4) is 0 Å². The normalized spacial score (nSPS) is 17.1. The standard InChI is InChI=1S/C16H18O3/c17-13-14-7-2-3-8-15(14)19-12-6-11-16(18)9-4-1-5-10-16/h2-3,7-8,13,18H,1,4-5,9-10,12H2. The molecule has 0 aromatic heterocycles. The van der Waals surface area contributed by atoms with E-state index in [4.69, 9.17) is 4.74 Å². The second-order valence-corrected chi connectivity index (χ2v) is 4.84. The molecule has 0 amide bonds. The second-order valence-electron chi connectivity index (χ2n) is 4.84. The highest BCUT2D eigenvalue weighted by Crippen LogP contribution is 2.27. The van der Waals surface area contributed by atoms with Gasteiger partial charge in [0.1, 0.15) is 18.0 Å². The molecule has 0 unspecified atom stereocenters. The third-order valence-corrected chi connectivity index (χ3v) is 3.35. The summed E-state index contributed by atoms with van der Waals surface area (Å²) in [5, 5.41) is 10.2. The number of ether oxygens (including phenoxy) is 1. The van der Waals surface area contributed by atoms with Crippen molar-refractivity contribution in [1.29, 1.82) is 0 Å². The molecule has 1 aliphatic carbocycles. The van der Waals surface area contributed by atoms with Gasteiger partial charge in [-0.2, -0.15) is 0 Å². The van der Waals surface area contributed by atoms with Gasteiger partial charge >= 0.3 is 0 Å². The Hall–Kier alpha value is -1.79. The minimum Gasteiger partial charge on any atom is -0.480 e. The van der Waals surface area contributed by atoms with Crippen LogP contribution in [0.15, 0.2) is 24.3 Å². The van der Waals surface area contributed by atoms with Gasteiger partial charge in [-0.15, -0.1) is 0 Å². The molecule has 100 valence electrons. The van der Waals surface area contributed by atoms with E-state index < -0.39 is 5.60 Å². The first-order chi connectivity index (χ1) is 9.23. The molecule has 2 rings (SSSR count). The molecule has 1 saturated carbocycles. The predicted octanol–water partition coefficient (Wildman–Crippen LogP) is 2.58. The molecule has 1 N–H and O–H groups in total. The summed E-state index contributed by atoms with van der Waals surface area (Å²) in [6.07, 6.45) is 5.47. The van der Waals surface area contributed by atoms with Crippen molar-refractivity contribution in [3.8, 4) is 17.6 Å². The lowest BCUT2D eigenvalue weighted by atomic mass is 9.85. The van der Waals surface area contributed by atoms with Gasteiger partial charge in [-0.3, -0.25) is 4.79 Å². The highest BCUT2D eigenvalue weighted by molar-refractivity contribution is 5.79. The summed E-state index contributed by atoms with van der Waals surface area (Å²) in [5.41, 5.74) is -0.327. The van der Waals surface area contributed by atoms with Crippen LogP contribution in [0.1, 0.15) is 42.5 Å². The van der Waals surface area contributed by atoms with Crippen molar-refractivity contribution in [2.75, 3.05) is 6.61 Å². The summed E-state index contributed by atoms with van der Waals surface area (Å²) in [6, 6.07) is 7.03. The molecule has 0 heterocycles. The Bertz CT molecular complexity index is 490. The third kappa shape index (κ3) is 3.84. The Kier molecular flexibility index (Phi) is 4.59. The predicted molar refractivity (Wildman–Crippen MR) is 73.1 cm³/mol. The number of hydrogen-bond acceptors (Lipinski definition) is 3. The van der Waals surface area contributed by atoms with Crippen molar-refractivity contribution in [2.24, 2.45) is 0 Å². The smallest absolute Gasteiger partial charge is 0.153 e. The topological polar surface area (TPSA) is 46.5 Å². The summed E-state index contributed by atoms with van der Waals surface area (Å²) in [6.45, 7) is 0.188. The number of aldehydes is 1. The number of hydrogen-bond donors (Lipinski definition) is 1. The Labute approximate surface area is 113 Å². The molecular weight excluding hydrogens is 240 g/mol. The zero-order valence-electron chi connectivity index (χ0n) is 10.9. The van der Waals surface area contributed by atoms with E-state index in [1.807, 2.05) is 6.07 Å². The van der Waals surface area contributed by atoms with Crippen LogP contribution in [-0.4, -0.2) is 23.6 Å². The number of rotatable bonds is 3. The molecule has 0 bridgehead atoms. The largest absolute Gasteiger partial charge is 0.480 e. The van der Waals surface area contributed by atoms with Crippen LogP contribution in [-0.2, 0) is 0 Å². The van der Waals surface area contributed by atoms with Crippen molar-refractivity contribution >= 4 is 6.29 Å². The first kappa shape index (κ1) is 13.6. The SMILES string of the molecule is O=Cc1ccccc1OCC#CC1(O)CCCCC1. The van der Waals surface area contributed by atoms with E-state index in [1.54, 1.807) is 18.2 Å². The quantitative estimate of drug-likeness (QED) is 0.669. The van der Waals surface area contributed by atoms with E-state index in [2.05, 4.69) is 11.8 Å². The van der Waals surface area contributed by atoms with Crippen LogP contribution < -0.4 is 4.74 Å². The van der Waals surface area contributed by atoms with Gasteiger partial charge < -0.3 is 9.84 Å². The van der Waals surface area contributed by atoms with E-state index in [1.165, 1.54) is 6.42 Å². The van der Waals surface area contributed by atoms with Crippen molar-refractivity contribution in [2.45, 2.75) is 37.7 Å². The summed E-state index contributed by atoms with van der Waals surface area (Å²) in [7, 11) is 0. The highest BCUT2D eigenvalue weighted by Gasteiger charge is 2.26. The van der Waals surface area contributed by atoms with Crippen molar-refractivity contribution in [3.63, 3.8) is 0 Å². The van der Waals surface area contributed by atoms with E-state index in [0.29, 0.717) is 11.3 Å². The van der Waals surface area contributed by atoms with Gasteiger partial charge in [0.2, 0.25) is 0 Å². The monoisotopic (exact) mass is 258 g/mol. The Morgan fingerprint density at radius 3 is 2.74 bits per heavy atom. The summed E-state index contributed by atoms with van der Waals surface area (Å²) in [4.78, 5) is 10.8. The fraction of sp³-hybridized carbons (Fsp3) is 0.438. The van der Waals surface area contributed by atoms with Gasteiger partial charge in [0.05, 0.1) is 5.56 Å². The molecule has 0 aliphatic heterocycles. The third-order valence-electron chi connectivity index (χ3n) is 3.35. The molecule has 0 saturated heterocycles. The van der Waals surface area contributed by atoms with Crippen LogP contribution in [0.25, 0.3) is 0 Å². The Morgan fingerprint density at radius 2 is 2.00 bits per heavy atom. The van der Waals surface area contributed by atoms with Crippen LogP contribution in [0.5, 0.6) is 5.75 Å². The maximum atomic E-state index is 10.8. The van der Waals surface area contributed by atoms with Crippen molar-refractivity contribution in [1.82, 2.24) is 0 Å². The summed E-state index contributed by atoms with van der Waals surface area (Å²) >= 11 is 0. The molecule has 0 radical (unpaired) electrons. The fourth-order valence-electron chi connectivity index (χ4n) is 2.29. The first-order valence-electron chi connectivity index (χ1n) is 6.63. The first-order valence-corrected chi connectivity index (χ1v) is 6.63.